The maximum absolute atomic E-state index is 13.8. The van der Waals surface area contributed by atoms with Crippen molar-refractivity contribution >= 4 is 45.4 Å². The lowest BCUT2D eigenvalue weighted by atomic mass is 9.97. The van der Waals surface area contributed by atoms with E-state index in [2.05, 4.69) is 80.9 Å². The Hall–Kier alpha value is -5.14. The summed E-state index contributed by atoms with van der Waals surface area (Å²) in [4.78, 5) is 29.8. The molecule has 0 unspecified atom stereocenters. The lowest BCUT2D eigenvalue weighted by Crippen LogP contribution is -2.29. The number of nitrogens with zero attached hydrogens (tertiary/aromatic N) is 2. The van der Waals surface area contributed by atoms with Gasteiger partial charge in [0, 0.05) is 53.2 Å². The van der Waals surface area contributed by atoms with Crippen LogP contribution in [0.25, 0.3) is 22.2 Å². The molecule has 5 aromatic rings. The summed E-state index contributed by atoms with van der Waals surface area (Å²) in [6, 6.07) is 32.2. The second kappa shape index (κ2) is 13.3. The summed E-state index contributed by atoms with van der Waals surface area (Å²) in [7, 11) is 2.03. The predicted molar refractivity (Wildman–Crippen MR) is 191 cm³/mol. The van der Waals surface area contributed by atoms with Crippen LogP contribution in [0.15, 0.2) is 103 Å². The highest BCUT2D eigenvalue weighted by molar-refractivity contribution is 6.37. The Morgan fingerprint density at radius 1 is 0.872 bits per heavy atom. The molecule has 0 spiro atoms. The molecule has 1 atom stereocenters. The lowest BCUT2D eigenvalue weighted by Gasteiger charge is -2.26. The summed E-state index contributed by atoms with van der Waals surface area (Å²) >= 11 is 0. The third-order valence-corrected chi connectivity index (χ3v) is 9.44. The van der Waals surface area contributed by atoms with Gasteiger partial charge in [-0.1, -0.05) is 61.9 Å². The van der Waals surface area contributed by atoms with Gasteiger partial charge in [-0.2, -0.15) is 0 Å². The monoisotopic (exact) mass is 623 g/mol. The largest absolute Gasteiger partial charge is 0.354 e. The first-order valence-electron chi connectivity index (χ1n) is 16.7. The molecule has 7 heteroatoms. The molecule has 3 heterocycles. The maximum atomic E-state index is 13.8. The number of hydrogen-bond acceptors (Lipinski definition) is 4. The molecular weight excluding hydrogens is 582 g/mol. The Morgan fingerprint density at radius 2 is 1.64 bits per heavy atom. The van der Waals surface area contributed by atoms with Crippen molar-refractivity contribution in [3.05, 3.63) is 131 Å². The highest BCUT2D eigenvalue weighted by atomic mass is 16.2. The minimum atomic E-state index is -0.203. The third kappa shape index (κ3) is 6.44. The molecule has 1 aromatic heterocycles. The number of aryl methyl sites for hydroxylation is 1. The predicted octanol–water partition coefficient (Wildman–Crippen LogP) is 7.98. The van der Waals surface area contributed by atoms with Crippen LogP contribution in [-0.4, -0.2) is 34.4 Å². The number of carbonyl (C=O) groups excluding carboxylic acids is 2. The Balaban J connectivity index is 1.25. The van der Waals surface area contributed by atoms with Gasteiger partial charge >= 0.3 is 0 Å². The molecule has 1 saturated heterocycles. The molecule has 47 heavy (non-hydrogen) atoms. The van der Waals surface area contributed by atoms with Crippen LogP contribution in [0.4, 0.5) is 11.4 Å². The van der Waals surface area contributed by atoms with Gasteiger partial charge in [-0.15, -0.1) is 0 Å². The SMILES string of the molecule is CC[C@@H](NC(=O)c1ccc2c(c1)/C(=C(/Nc1ccc(CN3CCCCC3)cc1)c1ccc3c(ccn3C)c1)C(=O)N2)c1ccccc1. The zero-order valence-corrected chi connectivity index (χ0v) is 27.1. The Bertz CT molecular complexity index is 1950. The number of likely N-dealkylation sites (tertiary alicyclic amines) is 1. The van der Waals surface area contributed by atoms with Crippen LogP contribution in [0.3, 0.4) is 0 Å². The summed E-state index contributed by atoms with van der Waals surface area (Å²) in [6.07, 6.45) is 6.65. The Kier molecular flexibility index (Phi) is 8.64. The van der Waals surface area contributed by atoms with Crippen molar-refractivity contribution in [1.29, 1.82) is 0 Å². The lowest BCUT2D eigenvalue weighted by molar-refractivity contribution is -0.110. The Morgan fingerprint density at radius 3 is 2.40 bits per heavy atom. The first kappa shape index (κ1) is 30.5. The highest BCUT2D eigenvalue weighted by Crippen LogP contribution is 2.39. The third-order valence-electron chi connectivity index (χ3n) is 9.44. The smallest absolute Gasteiger partial charge is 0.258 e. The van der Waals surface area contributed by atoms with Crippen LogP contribution in [0.5, 0.6) is 0 Å². The normalized spacial score (nSPS) is 16.4. The second-order valence-electron chi connectivity index (χ2n) is 12.7. The topological polar surface area (TPSA) is 78.4 Å². The zero-order chi connectivity index (χ0) is 32.3. The first-order valence-corrected chi connectivity index (χ1v) is 16.7. The van der Waals surface area contributed by atoms with E-state index in [0.29, 0.717) is 28.1 Å². The average Bonchev–Trinajstić information content (AvgIpc) is 3.65. The number of piperidine rings is 1. The van der Waals surface area contributed by atoms with Crippen molar-refractivity contribution in [1.82, 2.24) is 14.8 Å². The number of anilines is 2. The van der Waals surface area contributed by atoms with Crippen molar-refractivity contribution in [2.75, 3.05) is 23.7 Å². The summed E-state index contributed by atoms with van der Waals surface area (Å²) in [5, 5.41) is 10.9. The van der Waals surface area contributed by atoms with Crippen molar-refractivity contribution in [3.8, 4) is 0 Å². The van der Waals surface area contributed by atoms with E-state index in [-0.39, 0.29) is 17.9 Å². The number of benzene rings is 4. The minimum Gasteiger partial charge on any atom is -0.354 e. The van der Waals surface area contributed by atoms with Crippen LogP contribution in [-0.2, 0) is 18.4 Å². The van der Waals surface area contributed by atoms with E-state index in [4.69, 9.17) is 0 Å². The van der Waals surface area contributed by atoms with E-state index in [9.17, 15) is 9.59 Å². The molecule has 2 aliphatic heterocycles. The quantitative estimate of drug-likeness (QED) is 0.146. The van der Waals surface area contributed by atoms with Gasteiger partial charge in [-0.25, -0.2) is 0 Å². The van der Waals surface area contributed by atoms with Gasteiger partial charge in [-0.3, -0.25) is 14.5 Å². The van der Waals surface area contributed by atoms with Gasteiger partial charge in [0.2, 0.25) is 0 Å². The van der Waals surface area contributed by atoms with E-state index in [1.54, 1.807) is 6.07 Å². The zero-order valence-electron chi connectivity index (χ0n) is 27.1. The summed E-state index contributed by atoms with van der Waals surface area (Å²) in [6.45, 7) is 5.31. The molecule has 2 amide bonds. The molecule has 7 rings (SSSR count). The van der Waals surface area contributed by atoms with E-state index < -0.39 is 0 Å². The van der Waals surface area contributed by atoms with E-state index in [1.165, 1.54) is 24.8 Å². The molecular formula is C40H41N5O2. The molecule has 0 radical (unpaired) electrons. The molecule has 2 aliphatic rings. The van der Waals surface area contributed by atoms with Crippen molar-refractivity contribution in [2.45, 2.75) is 45.2 Å². The van der Waals surface area contributed by atoms with Crippen molar-refractivity contribution < 1.29 is 9.59 Å². The number of hydrogen-bond donors (Lipinski definition) is 3. The number of carbonyl (C=O) groups is 2. The van der Waals surface area contributed by atoms with Crippen molar-refractivity contribution in [3.63, 3.8) is 0 Å². The number of amides is 2. The molecule has 1 fully saturated rings. The van der Waals surface area contributed by atoms with Crippen LogP contribution in [0, 0.1) is 0 Å². The van der Waals surface area contributed by atoms with Crippen molar-refractivity contribution in [2.24, 2.45) is 7.05 Å². The van der Waals surface area contributed by atoms with Gasteiger partial charge in [0.05, 0.1) is 17.3 Å². The van der Waals surface area contributed by atoms with Gasteiger partial charge < -0.3 is 20.5 Å². The molecule has 3 N–H and O–H groups in total. The summed E-state index contributed by atoms with van der Waals surface area (Å²) < 4.78 is 2.09. The number of fused-ring (bicyclic) bond motifs is 2. The standard InChI is InChI=1S/C40H41N5O2/c1-3-34(28-10-6-4-7-11-28)42-39(46)31-14-18-35-33(25-31)37(40(47)43-35)38(30-15-19-36-29(24-30)20-23-44(36)2)41-32-16-12-27(13-17-32)26-45-21-8-5-9-22-45/h4,6-7,10-20,23-25,34,41H,3,5,8-9,21-22,26H2,1-2H3,(H,42,46)(H,43,47)/b38-37-/t34-/m1/s1. The van der Waals surface area contributed by atoms with Gasteiger partial charge in [0.15, 0.2) is 0 Å². The van der Waals surface area contributed by atoms with Crippen LogP contribution in [0.1, 0.15) is 71.3 Å². The highest BCUT2D eigenvalue weighted by Gasteiger charge is 2.30. The molecule has 7 nitrogen and oxygen atoms in total. The number of nitrogens with one attached hydrogen (secondary N) is 3. The molecule has 0 saturated carbocycles. The van der Waals surface area contributed by atoms with Gasteiger partial charge in [-0.05, 0) is 97.6 Å². The minimum absolute atomic E-state index is 0.112. The van der Waals surface area contributed by atoms with Crippen LogP contribution >= 0.6 is 0 Å². The Labute approximate surface area is 276 Å². The van der Waals surface area contributed by atoms with Crippen LogP contribution < -0.4 is 16.0 Å². The molecule has 0 bridgehead atoms. The number of aromatic nitrogens is 1. The first-order chi connectivity index (χ1) is 23.0. The van der Waals surface area contributed by atoms with E-state index in [0.717, 1.165) is 53.8 Å². The summed E-state index contributed by atoms with van der Waals surface area (Å²) in [5.74, 6) is -0.377. The molecule has 4 aromatic carbocycles. The maximum Gasteiger partial charge on any atom is 0.258 e. The van der Waals surface area contributed by atoms with E-state index >= 15 is 0 Å². The average molecular weight is 624 g/mol. The number of rotatable bonds is 9. The van der Waals surface area contributed by atoms with E-state index in [1.807, 2.05) is 55.7 Å². The van der Waals surface area contributed by atoms with Crippen LogP contribution in [0.2, 0.25) is 0 Å². The second-order valence-corrected chi connectivity index (χ2v) is 12.7. The fourth-order valence-corrected chi connectivity index (χ4v) is 6.83. The van der Waals surface area contributed by atoms with Gasteiger partial charge in [0.25, 0.3) is 11.8 Å². The fourth-order valence-electron chi connectivity index (χ4n) is 6.83. The van der Waals surface area contributed by atoms with Gasteiger partial charge in [0.1, 0.15) is 0 Å². The fraction of sp³-hybridized carbons (Fsp3) is 0.250. The molecule has 238 valence electrons. The summed E-state index contributed by atoms with van der Waals surface area (Å²) in [5.41, 5.74) is 8.34. The molecule has 0 aliphatic carbocycles.